The van der Waals surface area contributed by atoms with Crippen LogP contribution in [0.4, 0.5) is 0 Å². The molecule has 0 saturated carbocycles. The van der Waals surface area contributed by atoms with Crippen LogP contribution in [0.3, 0.4) is 0 Å². The minimum atomic E-state index is -0.600. The first-order valence-electron chi connectivity index (χ1n) is 6.61. The van der Waals surface area contributed by atoms with Crippen LogP contribution in [0.1, 0.15) is 43.0 Å². The van der Waals surface area contributed by atoms with Crippen LogP contribution in [0.15, 0.2) is 36.4 Å². The number of benzene rings is 2. The number of ketones is 1. The standard InChI is InChI=1S/C17H17NO3/c1-10-8-11(2)15(12(3)9-10)16(19)13-4-6-14(7-5-13)17(20)18-21/h4-9,21H,1-3H3,(H,18,20). The molecule has 0 spiro atoms. The zero-order valence-corrected chi connectivity index (χ0v) is 12.2. The maximum Gasteiger partial charge on any atom is 0.274 e. The van der Waals surface area contributed by atoms with E-state index in [1.807, 2.05) is 32.9 Å². The van der Waals surface area contributed by atoms with Gasteiger partial charge in [0.15, 0.2) is 5.78 Å². The average molecular weight is 283 g/mol. The van der Waals surface area contributed by atoms with Gasteiger partial charge < -0.3 is 0 Å². The number of hydrogen-bond acceptors (Lipinski definition) is 3. The van der Waals surface area contributed by atoms with Gasteiger partial charge in [-0.25, -0.2) is 5.48 Å². The van der Waals surface area contributed by atoms with Gasteiger partial charge in [-0.05, 0) is 44.0 Å². The van der Waals surface area contributed by atoms with E-state index in [0.717, 1.165) is 16.7 Å². The van der Waals surface area contributed by atoms with Crippen molar-refractivity contribution in [2.45, 2.75) is 20.8 Å². The third kappa shape index (κ3) is 3.01. The molecule has 108 valence electrons. The predicted octanol–water partition coefficient (Wildman–Crippen LogP) is 2.96. The summed E-state index contributed by atoms with van der Waals surface area (Å²) < 4.78 is 0. The summed E-state index contributed by atoms with van der Waals surface area (Å²) in [4.78, 5) is 23.9. The van der Waals surface area contributed by atoms with Crippen molar-refractivity contribution in [2.24, 2.45) is 0 Å². The molecule has 2 rings (SSSR count). The Balaban J connectivity index is 2.39. The molecule has 0 fully saturated rings. The molecule has 0 aromatic heterocycles. The van der Waals surface area contributed by atoms with Crippen LogP contribution in [0, 0.1) is 20.8 Å². The van der Waals surface area contributed by atoms with Gasteiger partial charge in [0.25, 0.3) is 5.91 Å². The first-order chi connectivity index (χ1) is 9.93. The van der Waals surface area contributed by atoms with E-state index in [4.69, 9.17) is 5.21 Å². The molecular formula is C17H17NO3. The van der Waals surface area contributed by atoms with Crippen LogP contribution < -0.4 is 5.48 Å². The van der Waals surface area contributed by atoms with Gasteiger partial charge in [-0.2, -0.15) is 0 Å². The molecule has 2 aromatic rings. The van der Waals surface area contributed by atoms with E-state index in [1.54, 1.807) is 17.6 Å². The molecule has 0 aliphatic carbocycles. The van der Waals surface area contributed by atoms with Crippen molar-refractivity contribution in [3.8, 4) is 0 Å². The Labute approximate surface area is 123 Å². The quantitative estimate of drug-likeness (QED) is 0.517. The first kappa shape index (κ1) is 14.9. The lowest BCUT2D eigenvalue weighted by Gasteiger charge is -2.10. The van der Waals surface area contributed by atoms with E-state index in [2.05, 4.69) is 0 Å². The zero-order chi connectivity index (χ0) is 15.6. The van der Waals surface area contributed by atoms with Crippen LogP contribution in [0.5, 0.6) is 0 Å². The molecule has 0 saturated heterocycles. The summed E-state index contributed by atoms with van der Waals surface area (Å²) in [5, 5.41) is 8.58. The number of carbonyl (C=O) groups is 2. The van der Waals surface area contributed by atoms with Crippen LogP contribution in [0.2, 0.25) is 0 Å². The lowest BCUT2D eigenvalue weighted by Crippen LogP contribution is -2.18. The summed E-state index contributed by atoms with van der Waals surface area (Å²) in [5.74, 6) is -0.669. The van der Waals surface area contributed by atoms with E-state index < -0.39 is 5.91 Å². The number of aryl methyl sites for hydroxylation is 3. The van der Waals surface area contributed by atoms with E-state index in [9.17, 15) is 9.59 Å². The monoisotopic (exact) mass is 283 g/mol. The second-order valence-electron chi connectivity index (χ2n) is 5.12. The molecule has 0 aliphatic rings. The molecule has 0 atom stereocenters. The fourth-order valence-corrected chi connectivity index (χ4v) is 2.52. The van der Waals surface area contributed by atoms with Gasteiger partial charge in [-0.1, -0.05) is 29.8 Å². The van der Waals surface area contributed by atoms with Crippen molar-refractivity contribution in [2.75, 3.05) is 0 Å². The normalized spacial score (nSPS) is 10.3. The highest BCUT2D eigenvalue weighted by Gasteiger charge is 2.15. The van der Waals surface area contributed by atoms with Crippen molar-refractivity contribution in [3.05, 3.63) is 69.8 Å². The summed E-state index contributed by atoms with van der Waals surface area (Å²) in [6.45, 7) is 5.83. The lowest BCUT2D eigenvalue weighted by molar-refractivity contribution is 0.0706. The van der Waals surface area contributed by atoms with E-state index >= 15 is 0 Å². The smallest absolute Gasteiger partial charge is 0.274 e. The largest absolute Gasteiger partial charge is 0.289 e. The Morgan fingerprint density at radius 1 is 0.905 bits per heavy atom. The lowest BCUT2D eigenvalue weighted by atomic mass is 9.93. The van der Waals surface area contributed by atoms with Crippen molar-refractivity contribution in [1.29, 1.82) is 0 Å². The average Bonchev–Trinajstić information content (AvgIpc) is 2.45. The SMILES string of the molecule is Cc1cc(C)c(C(=O)c2ccc(C(=O)NO)cc2)c(C)c1. The predicted molar refractivity (Wildman–Crippen MR) is 79.8 cm³/mol. The van der Waals surface area contributed by atoms with Gasteiger partial charge in [0.1, 0.15) is 0 Å². The van der Waals surface area contributed by atoms with Gasteiger partial charge in [0, 0.05) is 16.7 Å². The fourth-order valence-electron chi connectivity index (χ4n) is 2.52. The highest BCUT2D eigenvalue weighted by molar-refractivity contribution is 6.11. The Bertz CT molecular complexity index is 679. The molecule has 4 heteroatoms. The maximum absolute atomic E-state index is 12.6. The molecule has 0 aliphatic heterocycles. The molecule has 21 heavy (non-hydrogen) atoms. The minimum absolute atomic E-state index is 0.0686. The molecule has 0 heterocycles. The number of nitrogens with one attached hydrogen (secondary N) is 1. The second kappa shape index (κ2) is 5.89. The van der Waals surface area contributed by atoms with Crippen LogP contribution in [0.25, 0.3) is 0 Å². The van der Waals surface area contributed by atoms with Gasteiger partial charge in [-0.3, -0.25) is 14.8 Å². The molecule has 2 N–H and O–H groups in total. The number of carbonyl (C=O) groups excluding carboxylic acids is 2. The topological polar surface area (TPSA) is 66.4 Å². The summed E-state index contributed by atoms with van der Waals surface area (Å²) in [6, 6.07) is 10.2. The summed E-state index contributed by atoms with van der Waals surface area (Å²) in [5.41, 5.74) is 6.07. The Kier molecular flexibility index (Phi) is 4.19. The molecule has 2 aromatic carbocycles. The highest BCUT2D eigenvalue weighted by Crippen LogP contribution is 2.20. The van der Waals surface area contributed by atoms with E-state index in [0.29, 0.717) is 16.7 Å². The van der Waals surface area contributed by atoms with Gasteiger partial charge in [0.05, 0.1) is 0 Å². The number of rotatable bonds is 3. The van der Waals surface area contributed by atoms with E-state index in [1.165, 1.54) is 12.1 Å². The van der Waals surface area contributed by atoms with Crippen molar-refractivity contribution >= 4 is 11.7 Å². The van der Waals surface area contributed by atoms with Crippen LogP contribution in [-0.2, 0) is 0 Å². The molecular weight excluding hydrogens is 266 g/mol. The Hall–Kier alpha value is -2.46. The Morgan fingerprint density at radius 3 is 1.86 bits per heavy atom. The maximum atomic E-state index is 12.6. The Morgan fingerprint density at radius 2 is 1.38 bits per heavy atom. The fraction of sp³-hybridized carbons (Fsp3) is 0.176. The molecule has 4 nitrogen and oxygen atoms in total. The highest BCUT2D eigenvalue weighted by atomic mass is 16.5. The third-order valence-electron chi connectivity index (χ3n) is 3.41. The number of amides is 1. The summed E-state index contributed by atoms with van der Waals surface area (Å²) in [7, 11) is 0. The first-order valence-corrected chi connectivity index (χ1v) is 6.61. The second-order valence-corrected chi connectivity index (χ2v) is 5.12. The van der Waals surface area contributed by atoms with Crippen molar-refractivity contribution < 1.29 is 14.8 Å². The number of hydroxylamine groups is 1. The molecule has 0 radical (unpaired) electrons. The van der Waals surface area contributed by atoms with E-state index in [-0.39, 0.29) is 5.78 Å². The van der Waals surface area contributed by atoms with Crippen LogP contribution >= 0.6 is 0 Å². The number of hydrogen-bond donors (Lipinski definition) is 2. The molecule has 0 bridgehead atoms. The van der Waals surface area contributed by atoms with Gasteiger partial charge in [0.2, 0.25) is 0 Å². The van der Waals surface area contributed by atoms with Crippen LogP contribution in [-0.4, -0.2) is 16.9 Å². The van der Waals surface area contributed by atoms with Crippen molar-refractivity contribution in [3.63, 3.8) is 0 Å². The zero-order valence-electron chi connectivity index (χ0n) is 12.2. The van der Waals surface area contributed by atoms with Gasteiger partial charge >= 0.3 is 0 Å². The summed E-state index contributed by atoms with van der Waals surface area (Å²) in [6.07, 6.45) is 0. The molecule has 1 amide bonds. The molecule has 0 unspecified atom stereocenters. The van der Waals surface area contributed by atoms with Crippen molar-refractivity contribution in [1.82, 2.24) is 5.48 Å². The minimum Gasteiger partial charge on any atom is -0.289 e. The summed E-state index contributed by atoms with van der Waals surface area (Å²) >= 11 is 0. The third-order valence-corrected chi connectivity index (χ3v) is 3.41. The van der Waals surface area contributed by atoms with Gasteiger partial charge in [-0.15, -0.1) is 0 Å².